The number of hydrogen-bond donors (Lipinski definition) is 1. The Balaban J connectivity index is 2.35. The van der Waals surface area contributed by atoms with Crippen molar-refractivity contribution in [1.82, 2.24) is 14.7 Å². The first-order chi connectivity index (χ1) is 6.59. The summed E-state index contributed by atoms with van der Waals surface area (Å²) in [6.07, 6.45) is -0.874. The molecular formula is C8H10BrN3O2. The summed E-state index contributed by atoms with van der Waals surface area (Å²) in [5.41, 5.74) is 0.936. The van der Waals surface area contributed by atoms with Gasteiger partial charge in [0, 0.05) is 6.54 Å². The maximum atomic E-state index is 10.9. The summed E-state index contributed by atoms with van der Waals surface area (Å²) < 4.78 is 2.60. The number of rotatable bonds is 0. The number of carbonyl (C=O) groups is 1. The molecule has 2 rings (SSSR count). The highest BCUT2D eigenvalue weighted by Gasteiger charge is 2.28. The van der Waals surface area contributed by atoms with Crippen LogP contribution in [0.3, 0.4) is 0 Å². The third-order valence-electron chi connectivity index (χ3n) is 2.48. The van der Waals surface area contributed by atoms with Crippen LogP contribution in [-0.2, 0) is 6.54 Å². The van der Waals surface area contributed by atoms with Gasteiger partial charge in [0.2, 0.25) is 0 Å². The molecule has 5 nitrogen and oxygen atoms in total. The van der Waals surface area contributed by atoms with E-state index in [0.29, 0.717) is 13.1 Å². The van der Waals surface area contributed by atoms with Gasteiger partial charge in [-0.15, -0.1) is 0 Å². The van der Waals surface area contributed by atoms with Gasteiger partial charge >= 0.3 is 6.09 Å². The van der Waals surface area contributed by atoms with E-state index in [-0.39, 0.29) is 6.04 Å². The van der Waals surface area contributed by atoms with Gasteiger partial charge in [-0.25, -0.2) is 4.79 Å². The lowest BCUT2D eigenvalue weighted by atomic mass is 10.2. The number of carboxylic acid groups (broad SMARTS) is 1. The fraction of sp³-hybridized carbons (Fsp3) is 0.500. The van der Waals surface area contributed by atoms with Gasteiger partial charge in [-0.3, -0.25) is 9.58 Å². The first kappa shape index (κ1) is 9.51. The topological polar surface area (TPSA) is 58.4 Å². The molecule has 0 saturated heterocycles. The monoisotopic (exact) mass is 259 g/mol. The largest absolute Gasteiger partial charge is 0.465 e. The van der Waals surface area contributed by atoms with Gasteiger partial charge in [-0.1, -0.05) is 0 Å². The molecule has 0 spiro atoms. The second kappa shape index (κ2) is 3.27. The van der Waals surface area contributed by atoms with Crippen LogP contribution in [0, 0.1) is 0 Å². The van der Waals surface area contributed by atoms with Gasteiger partial charge in [0.1, 0.15) is 4.60 Å². The summed E-state index contributed by atoms with van der Waals surface area (Å²) in [6.45, 7) is 2.99. The van der Waals surface area contributed by atoms with Gasteiger partial charge in [-0.05, 0) is 28.9 Å². The second-order valence-corrected chi connectivity index (χ2v) is 4.08. The summed E-state index contributed by atoms with van der Waals surface area (Å²) in [6, 6.07) is 1.74. The van der Waals surface area contributed by atoms with Crippen molar-refractivity contribution in [1.29, 1.82) is 0 Å². The van der Waals surface area contributed by atoms with Gasteiger partial charge < -0.3 is 5.11 Å². The zero-order valence-electron chi connectivity index (χ0n) is 7.64. The fourth-order valence-corrected chi connectivity index (χ4v) is 2.16. The zero-order valence-corrected chi connectivity index (χ0v) is 9.23. The highest BCUT2D eigenvalue weighted by atomic mass is 79.9. The van der Waals surface area contributed by atoms with E-state index in [1.807, 2.05) is 17.7 Å². The second-order valence-electron chi connectivity index (χ2n) is 3.27. The summed E-state index contributed by atoms with van der Waals surface area (Å²) in [5, 5.41) is 13.1. The molecule has 0 bridgehead atoms. The van der Waals surface area contributed by atoms with E-state index in [9.17, 15) is 4.79 Å². The van der Waals surface area contributed by atoms with E-state index in [1.165, 1.54) is 4.90 Å². The van der Waals surface area contributed by atoms with Crippen molar-refractivity contribution in [3.63, 3.8) is 0 Å². The predicted octanol–water partition coefficient (Wildman–Crippen LogP) is 1.70. The first-order valence-corrected chi connectivity index (χ1v) is 5.11. The van der Waals surface area contributed by atoms with Crippen molar-refractivity contribution in [2.75, 3.05) is 6.54 Å². The minimum atomic E-state index is -0.874. The smallest absolute Gasteiger partial charge is 0.407 e. The first-order valence-electron chi connectivity index (χ1n) is 4.32. The molecule has 1 aliphatic heterocycles. The number of halogens is 1. The van der Waals surface area contributed by atoms with E-state index in [2.05, 4.69) is 21.0 Å². The number of fused-ring (bicyclic) bond motifs is 1. The standard InChI is InChI=1S/C8H10BrN3O2/c1-5-6-4-7(9)10-12(6)3-2-11(5)8(13)14/h4-5H,2-3H2,1H3,(H,13,14). The number of aromatic nitrogens is 2. The Morgan fingerprint density at radius 2 is 2.43 bits per heavy atom. The third-order valence-corrected chi connectivity index (χ3v) is 2.86. The highest BCUT2D eigenvalue weighted by molar-refractivity contribution is 9.10. The maximum Gasteiger partial charge on any atom is 0.407 e. The van der Waals surface area contributed by atoms with Gasteiger partial charge in [0.15, 0.2) is 0 Å². The Labute approximate surface area is 89.4 Å². The van der Waals surface area contributed by atoms with Crippen LogP contribution < -0.4 is 0 Å². The van der Waals surface area contributed by atoms with Crippen LogP contribution in [0.4, 0.5) is 4.79 Å². The molecular weight excluding hydrogens is 250 g/mol. The van der Waals surface area contributed by atoms with Crippen LogP contribution in [0.15, 0.2) is 10.7 Å². The summed E-state index contributed by atoms with van der Waals surface area (Å²) in [7, 11) is 0. The molecule has 0 saturated carbocycles. The van der Waals surface area contributed by atoms with E-state index < -0.39 is 6.09 Å². The maximum absolute atomic E-state index is 10.9. The third kappa shape index (κ3) is 1.39. The highest BCUT2D eigenvalue weighted by Crippen LogP contribution is 2.26. The number of amides is 1. The molecule has 1 aromatic heterocycles. The summed E-state index contributed by atoms with van der Waals surface area (Å²) in [4.78, 5) is 12.3. The van der Waals surface area contributed by atoms with E-state index in [1.54, 1.807) is 0 Å². The number of hydrogen-bond acceptors (Lipinski definition) is 2. The fourth-order valence-electron chi connectivity index (χ4n) is 1.73. The Hall–Kier alpha value is -1.04. The number of nitrogens with zero attached hydrogens (tertiary/aromatic N) is 3. The molecule has 0 aliphatic carbocycles. The van der Waals surface area contributed by atoms with Crippen molar-refractivity contribution < 1.29 is 9.90 Å². The quantitative estimate of drug-likeness (QED) is 0.772. The van der Waals surface area contributed by atoms with Crippen LogP contribution in [0.2, 0.25) is 0 Å². The summed E-state index contributed by atoms with van der Waals surface area (Å²) in [5.74, 6) is 0. The lowest BCUT2D eigenvalue weighted by molar-refractivity contribution is 0.113. The van der Waals surface area contributed by atoms with Crippen LogP contribution in [0.5, 0.6) is 0 Å². The Kier molecular flexibility index (Phi) is 2.22. The van der Waals surface area contributed by atoms with E-state index >= 15 is 0 Å². The molecule has 0 fully saturated rings. The Morgan fingerprint density at radius 1 is 1.71 bits per heavy atom. The molecule has 1 unspecified atom stereocenters. The Morgan fingerprint density at radius 3 is 3.07 bits per heavy atom. The predicted molar refractivity (Wildman–Crippen MR) is 53.1 cm³/mol. The summed E-state index contributed by atoms with van der Waals surface area (Å²) >= 11 is 3.28. The Bertz CT molecular complexity index is 377. The molecule has 14 heavy (non-hydrogen) atoms. The van der Waals surface area contributed by atoms with Crippen LogP contribution in [0.1, 0.15) is 18.7 Å². The molecule has 0 aromatic carbocycles. The molecule has 6 heteroatoms. The molecule has 2 heterocycles. The van der Waals surface area contributed by atoms with Crippen LogP contribution >= 0.6 is 15.9 Å². The average Bonchev–Trinajstić information content (AvgIpc) is 2.46. The van der Waals surface area contributed by atoms with Crippen LogP contribution in [0.25, 0.3) is 0 Å². The van der Waals surface area contributed by atoms with Crippen molar-refractivity contribution >= 4 is 22.0 Å². The van der Waals surface area contributed by atoms with E-state index in [0.717, 1.165) is 10.3 Å². The molecule has 0 radical (unpaired) electrons. The van der Waals surface area contributed by atoms with Crippen molar-refractivity contribution in [2.45, 2.75) is 19.5 Å². The van der Waals surface area contributed by atoms with Gasteiger partial charge in [-0.2, -0.15) is 5.10 Å². The molecule has 1 N–H and O–H groups in total. The minimum absolute atomic E-state index is 0.125. The van der Waals surface area contributed by atoms with Crippen molar-refractivity contribution in [3.05, 3.63) is 16.4 Å². The van der Waals surface area contributed by atoms with Crippen LogP contribution in [-0.4, -0.2) is 32.4 Å². The average molecular weight is 260 g/mol. The van der Waals surface area contributed by atoms with Gasteiger partial charge in [0.25, 0.3) is 0 Å². The molecule has 76 valence electrons. The molecule has 1 atom stereocenters. The van der Waals surface area contributed by atoms with Crippen molar-refractivity contribution in [2.24, 2.45) is 0 Å². The minimum Gasteiger partial charge on any atom is -0.465 e. The van der Waals surface area contributed by atoms with Gasteiger partial charge in [0.05, 0.1) is 18.3 Å². The molecule has 1 aromatic rings. The lowest BCUT2D eigenvalue weighted by Gasteiger charge is -2.31. The SMILES string of the molecule is CC1c2cc(Br)nn2CCN1C(=O)O. The zero-order chi connectivity index (χ0) is 10.3. The molecule has 1 aliphatic rings. The molecule has 1 amide bonds. The van der Waals surface area contributed by atoms with E-state index in [4.69, 9.17) is 5.11 Å². The normalized spacial score (nSPS) is 20.7. The lowest BCUT2D eigenvalue weighted by Crippen LogP contribution is -2.40. The van der Waals surface area contributed by atoms with Crippen molar-refractivity contribution in [3.8, 4) is 0 Å².